The summed E-state index contributed by atoms with van der Waals surface area (Å²) < 4.78 is 8.48. The van der Waals surface area contributed by atoms with E-state index in [0.29, 0.717) is 0 Å². The summed E-state index contributed by atoms with van der Waals surface area (Å²) in [4.78, 5) is 21.0. The second-order valence-corrected chi connectivity index (χ2v) is 6.94. The molecule has 0 saturated heterocycles. The van der Waals surface area contributed by atoms with Crippen LogP contribution in [0, 0.1) is 0 Å². The van der Waals surface area contributed by atoms with E-state index in [-0.39, 0.29) is 54.1 Å². The molecule has 0 fully saturated rings. The zero-order valence-electron chi connectivity index (χ0n) is 13.4. The molecule has 0 saturated carbocycles. The summed E-state index contributed by atoms with van der Waals surface area (Å²) in [6, 6.07) is 32.2. The van der Waals surface area contributed by atoms with Gasteiger partial charge in [-0.1, -0.05) is 59.2 Å². The van der Waals surface area contributed by atoms with E-state index in [1.807, 2.05) is 0 Å². The molecule has 1 N–H and O–H groups in total. The molecule has 0 aliphatic rings. The summed E-state index contributed by atoms with van der Waals surface area (Å²) in [6.07, 6.45) is 0. The Bertz CT molecular complexity index is 632. The van der Waals surface area contributed by atoms with Crippen molar-refractivity contribution in [2.45, 2.75) is 14.7 Å². The van der Waals surface area contributed by atoms with E-state index in [9.17, 15) is 0 Å². The predicted molar refractivity (Wildman–Crippen MR) is 96.8 cm³/mol. The fraction of sp³-hybridized carbons (Fsp3) is 0. The van der Waals surface area contributed by atoms with Crippen LogP contribution in [0.4, 0.5) is 0 Å². The third kappa shape index (κ3) is 8.45. The Hall–Kier alpha value is -0.750. The topological polar surface area (TPSA) is 93.2 Å². The molecule has 124 valence electrons. The van der Waals surface area contributed by atoms with Gasteiger partial charge in [-0.2, -0.15) is 0 Å². The minimum absolute atomic E-state index is 0. The fourth-order valence-electron chi connectivity index (χ4n) is 2.08. The first kappa shape index (κ1) is 24.2. The molecule has 0 atom stereocenters. The summed E-state index contributed by atoms with van der Waals surface area (Å²) >= 11 is 0. The van der Waals surface area contributed by atoms with E-state index >= 15 is 0 Å². The molecule has 0 aliphatic carbocycles. The second-order valence-electron chi connectivity index (χ2n) is 4.47. The summed E-state index contributed by atoms with van der Waals surface area (Å²) in [5.41, 5.74) is 0. The van der Waals surface area contributed by atoms with Crippen LogP contribution in [-0.2, 0) is 15.5 Å². The number of hydrogen-bond donors (Lipinski definition) is 0. The van der Waals surface area contributed by atoms with E-state index in [1.54, 1.807) is 0 Å². The van der Waals surface area contributed by atoms with Crippen LogP contribution in [0.15, 0.2) is 106 Å². The van der Waals surface area contributed by atoms with Gasteiger partial charge in [-0.3, -0.25) is 0 Å². The third-order valence-corrected chi connectivity index (χ3v) is 5.17. The largest absolute Gasteiger partial charge is 2.00 e. The van der Waals surface area contributed by atoms with Crippen molar-refractivity contribution in [2.24, 2.45) is 0 Å². The molecular weight excluding hydrogens is 383 g/mol. The van der Waals surface area contributed by atoms with E-state index in [2.05, 4.69) is 91.0 Å². The molecule has 7 heteroatoms. The normalized spacial score (nSPS) is 9.08. The molecule has 0 radical (unpaired) electrons. The molecular formula is C18H16CaO4PS+. The fourth-order valence-corrected chi connectivity index (χ4v) is 4.18. The standard InChI is InChI=1S/C18H15S.Ca.HO3P.H2O/c1-4-10-16(11-5-1)19(17-12-6-2-7-13-17)18-14-8-3-9-15-18;;1-4(2)3;/h1-15H;;(H,1,2,3);1H2/q+1;+2;;/p-2. The molecule has 3 rings (SSSR count). The molecule has 4 nitrogen and oxygen atoms in total. The molecule has 3 aromatic rings. The zero-order chi connectivity index (χ0) is 16.5. The maximum absolute atomic E-state index is 8.48. The van der Waals surface area contributed by atoms with Crippen LogP contribution in [0.1, 0.15) is 0 Å². The minimum atomic E-state index is -3.37. The molecule has 0 heterocycles. The molecule has 0 aromatic heterocycles. The van der Waals surface area contributed by atoms with Gasteiger partial charge >= 0.3 is 37.7 Å². The Balaban J connectivity index is 0.000000874. The Morgan fingerprint density at radius 1 is 0.600 bits per heavy atom. The van der Waals surface area contributed by atoms with Crippen molar-refractivity contribution in [3.63, 3.8) is 0 Å². The van der Waals surface area contributed by atoms with Gasteiger partial charge < -0.3 is 15.3 Å². The van der Waals surface area contributed by atoms with E-state index < -0.39 is 8.25 Å². The van der Waals surface area contributed by atoms with Crippen LogP contribution in [0.3, 0.4) is 0 Å². The Morgan fingerprint density at radius 3 is 1.00 bits per heavy atom. The van der Waals surface area contributed by atoms with Crippen molar-refractivity contribution < 1.29 is 19.8 Å². The summed E-state index contributed by atoms with van der Waals surface area (Å²) in [7, 11) is -3.38. The first-order chi connectivity index (χ1) is 11.2. The Kier molecular flexibility index (Phi) is 13.0. The van der Waals surface area contributed by atoms with Gasteiger partial charge in [-0.25, -0.2) is 0 Å². The van der Waals surface area contributed by atoms with Crippen molar-refractivity contribution in [3.8, 4) is 0 Å². The van der Waals surface area contributed by atoms with Gasteiger partial charge in [0.15, 0.2) is 14.7 Å². The van der Waals surface area contributed by atoms with Gasteiger partial charge in [0.05, 0.1) is 10.9 Å². The van der Waals surface area contributed by atoms with Gasteiger partial charge in [-0.15, -0.1) is 0 Å². The van der Waals surface area contributed by atoms with Gasteiger partial charge in [0.25, 0.3) is 8.25 Å². The smallest absolute Gasteiger partial charge is 0.870 e. The number of rotatable bonds is 3. The Labute approximate surface area is 181 Å². The van der Waals surface area contributed by atoms with Crippen LogP contribution in [0.5, 0.6) is 0 Å². The van der Waals surface area contributed by atoms with Gasteiger partial charge in [-0.05, 0) is 36.4 Å². The molecule has 0 unspecified atom stereocenters. The number of benzene rings is 3. The van der Waals surface area contributed by atoms with Crippen molar-refractivity contribution in [1.29, 1.82) is 0 Å². The third-order valence-electron chi connectivity index (χ3n) is 2.94. The van der Waals surface area contributed by atoms with Crippen LogP contribution in [0.2, 0.25) is 0 Å². The molecule has 0 bridgehead atoms. The molecule has 0 aliphatic heterocycles. The van der Waals surface area contributed by atoms with E-state index in [0.717, 1.165) is 0 Å². The van der Waals surface area contributed by atoms with E-state index in [1.165, 1.54) is 14.7 Å². The van der Waals surface area contributed by atoms with E-state index in [4.69, 9.17) is 14.4 Å². The molecule has 0 amide bonds. The van der Waals surface area contributed by atoms with Gasteiger partial charge in [0.2, 0.25) is 0 Å². The maximum Gasteiger partial charge on any atom is 2.00 e. The average Bonchev–Trinajstić information content (AvgIpc) is 2.58. The summed E-state index contributed by atoms with van der Waals surface area (Å²) in [5, 5.41) is 0. The van der Waals surface area contributed by atoms with Crippen LogP contribution in [-0.4, -0.2) is 43.2 Å². The zero-order valence-corrected chi connectivity index (χ0v) is 17.3. The average molecular weight is 399 g/mol. The minimum Gasteiger partial charge on any atom is -0.870 e. The Morgan fingerprint density at radius 2 is 0.800 bits per heavy atom. The number of hydrogen-bond acceptors (Lipinski definition) is 4. The van der Waals surface area contributed by atoms with Crippen molar-refractivity contribution in [2.75, 3.05) is 0 Å². The molecule has 0 spiro atoms. The predicted octanol–water partition coefficient (Wildman–Crippen LogP) is 2.59. The van der Waals surface area contributed by atoms with Gasteiger partial charge in [0, 0.05) is 0 Å². The van der Waals surface area contributed by atoms with Crippen LogP contribution in [0.25, 0.3) is 0 Å². The molecule has 25 heavy (non-hydrogen) atoms. The van der Waals surface area contributed by atoms with Crippen LogP contribution < -0.4 is 9.79 Å². The van der Waals surface area contributed by atoms with Crippen molar-refractivity contribution in [1.82, 2.24) is 0 Å². The summed E-state index contributed by atoms with van der Waals surface area (Å²) in [6.45, 7) is 0. The van der Waals surface area contributed by atoms with Gasteiger partial charge in [0.1, 0.15) is 0 Å². The summed E-state index contributed by atoms with van der Waals surface area (Å²) in [5.74, 6) is 0. The monoisotopic (exact) mass is 399 g/mol. The molecule has 3 aromatic carbocycles. The second kappa shape index (κ2) is 13.5. The SMILES string of the molecule is O=[P+]([O-])[O-].[Ca+2].[OH-].c1ccc([S+](c2ccccc2)c2ccccc2)cc1. The quantitative estimate of drug-likeness (QED) is 0.384. The van der Waals surface area contributed by atoms with Crippen molar-refractivity contribution in [3.05, 3.63) is 91.0 Å². The first-order valence-corrected chi connectivity index (χ1v) is 9.21. The first-order valence-electron chi connectivity index (χ1n) is 6.89. The van der Waals surface area contributed by atoms with Crippen molar-refractivity contribution >= 4 is 56.9 Å². The van der Waals surface area contributed by atoms with Crippen LogP contribution >= 0.6 is 8.25 Å². The maximum atomic E-state index is 8.48.